The number of carboxylic acid groups (broad SMARTS) is 1. The Morgan fingerprint density at radius 2 is 1.94 bits per heavy atom. The van der Waals surface area contributed by atoms with Gasteiger partial charge in [-0.1, -0.05) is 16.0 Å². The highest BCUT2D eigenvalue weighted by atomic mass is 32.3. The van der Waals surface area contributed by atoms with Gasteiger partial charge in [0.1, 0.15) is 11.8 Å². The zero-order chi connectivity index (χ0) is 13.1. The van der Waals surface area contributed by atoms with Crippen LogP contribution in [-0.2, 0) is 21.7 Å². The molecule has 0 heterocycles. The van der Waals surface area contributed by atoms with Crippen molar-refractivity contribution in [3.63, 3.8) is 0 Å². The van der Waals surface area contributed by atoms with Gasteiger partial charge >= 0.3 is 16.5 Å². The van der Waals surface area contributed by atoms with E-state index in [2.05, 4.69) is 4.18 Å². The van der Waals surface area contributed by atoms with Crippen LogP contribution in [0.15, 0.2) is 24.3 Å². The molecule has 3 N–H and O–H groups in total. The van der Waals surface area contributed by atoms with Crippen LogP contribution in [0.4, 0.5) is 3.89 Å². The first kappa shape index (κ1) is 13.4. The Bertz CT molecular complexity index is 499. The van der Waals surface area contributed by atoms with Crippen LogP contribution in [0.5, 0.6) is 5.75 Å². The van der Waals surface area contributed by atoms with E-state index < -0.39 is 22.5 Å². The molecule has 0 aliphatic rings. The van der Waals surface area contributed by atoms with Crippen LogP contribution in [-0.4, -0.2) is 25.5 Å². The fraction of sp³-hybridized carbons (Fsp3) is 0.222. The van der Waals surface area contributed by atoms with Crippen molar-refractivity contribution in [2.75, 3.05) is 0 Å². The molecular weight excluding hydrogens is 253 g/mol. The number of benzene rings is 1. The van der Waals surface area contributed by atoms with Crippen molar-refractivity contribution < 1.29 is 26.4 Å². The predicted octanol–water partition coefficient (Wildman–Crippen LogP) is 0.234. The van der Waals surface area contributed by atoms with E-state index in [0.717, 1.165) is 0 Å². The third-order valence-corrected chi connectivity index (χ3v) is 2.28. The van der Waals surface area contributed by atoms with E-state index in [1.54, 1.807) is 0 Å². The second-order valence-corrected chi connectivity index (χ2v) is 4.22. The van der Waals surface area contributed by atoms with Crippen molar-refractivity contribution in [3.8, 4) is 5.75 Å². The molecule has 1 aromatic rings. The molecule has 94 valence electrons. The van der Waals surface area contributed by atoms with Gasteiger partial charge < -0.3 is 15.0 Å². The van der Waals surface area contributed by atoms with Crippen LogP contribution in [0.3, 0.4) is 0 Å². The number of halogens is 1. The molecule has 6 nitrogen and oxygen atoms in total. The molecule has 1 atom stereocenters. The van der Waals surface area contributed by atoms with Crippen molar-refractivity contribution in [2.24, 2.45) is 5.73 Å². The number of hydrogen-bond donors (Lipinski definition) is 2. The predicted molar refractivity (Wildman–Crippen MR) is 56.4 cm³/mol. The van der Waals surface area contributed by atoms with Gasteiger partial charge in [0.2, 0.25) is 0 Å². The molecule has 1 aromatic carbocycles. The molecule has 0 aromatic heterocycles. The molecule has 0 spiro atoms. The van der Waals surface area contributed by atoms with Gasteiger partial charge in [0.15, 0.2) is 0 Å². The van der Waals surface area contributed by atoms with E-state index in [1.807, 2.05) is 0 Å². The summed E-state index contributed by atoms with van der Waals surface area (Å²) in [5.74, 6) is -1.34. The summed E-state index contributed by atoms with van der Waals surface area (Å²) in [4.78, 5) is 10.5. The van der Waals surface area contributed by atoms with E-state index in [-0.39, 0.29) is 12.2 Å². The maximum atomic E-state index is 12.1. The summed E-state index contributed by atoms with van der Waals surface area (Å²) in [5.41, 5.74) is 5.87. The minimum absolute atomic E-state index is 0.0813. The number of carbonyl (C=O) groups is 1. The van der Waals surface area contributed by atoms with Gasteiger partial charge in [-0.05, 0) is 24.1 Å². The molecule has 1 unspecified atom stereocenters. The number of hydrogen-bond acceptors (Lipinski definition) is 5. The second-order valence-electron chi connectivity index (χ2n) is 3.27. The molecule has 17 heavy (non-hydrogen) atoms. The van der Waals surface area contributed by atoms with Crippen LogP contribution >= 0.6 is 0 Å². The van der Waals surface area contributed by atoms with Crippen LogP contribution in [0, 0.1) is 0 Å². The quantitative estimate of drug-likeness (QED) is 0.737. The van der Waals surface area contributed by atoms with Crippen molar-refractivity contribution in [3.05, 3.63) is 29.8 Å². The number of rotatable bonds is 5. The lowest BCUT2D eigenvalue weighted by molar-refractivity contribution is -0.138. The van der Waals surface area contributed by atoms with Gasteiger partial charge in [-0.2, -0.15) is 8.42 Å². The van der Waals surface area contributed by atoms with Gasteiger partial charge in [-0.25, -0.2) is 0 Å². The van der Waals surface area contributed by atoms with Crippen molar-refractivity contribution in [2.45, 2.75) is 12.5 Å². The average Bonchev–Trinajstić information content (AvgIpc) is 2.18. The summed E-state index contributed by atoms with van der Waals surface area (Å²) < 4.78 is 36.4. The average molecular weight is 263 g/mol. The van der Waals surface area contributed by atoms with E-state index in [9.17, 15) is 17.1 Å². The molecule has 0 amide bonds. The lowest BCUT2D eigenvalue weighted by atomic mass is 10.1. The Morgan fingerprint density at radius 3 is 2.35 bits per heavy atom. The molecule has 0 aliphatic carbocycles. The smallest absolute Gasteiger partial charge is 0.480 e. The van der Waals surface area contributed by atoms with Crippen molar-refractivity contribution in [1.82, 2.24) is 0 Å². The molecule has 0 saturated heterocycles. The summed E-state index contributed by atoms with van der Waals surface area (Å²) in [6, 6.07) is 4.18. The summed E-state index contributed by atoms with van der Waals surface area (Å²) in [7, 11) is -5.05. The lowest BCUT2D eigenvalue weighted by Crippen LogP contribution is -2.32. The molecule has 0 saturated carbocycles. The zero-order valence-electron chi connectivity index (χ0n) is 8.54. The molecular formula is C9H10FNO5S. The topological polar surface area (TPSA) is 107 Å². The molecule has 1 rings (SSSR count). The summed E-state index contributed by atoms with van der Waals surface area (Å²) in [5, 5.41) is 8.57. The SMILES string of the molecule is NC(Cc1ccc(OS(=O)(=O)F)cc1)C(=O)O. The molecule has 0 radical (unpaired) electrons. The first-order chi connectivity index (χ1) is 7.78. The number of aliphatic carboxylic acids is 1. The monoisotopic (exact) mass is 263 g/mol. The molecule has 0 bridgehead atoms. The summed E-state index contributed by atoms with van der Waals surface area (Å²) >= 11 is 0. The number of carboxylic acids is 1. The largest absolute Gasteiger partial charge is 0.488 e. The van der Waals surface area contributed by atoms with Gasteiger partial charge in [0.25, 0.3) is 0 Å². The zero-order valence-corrected chi connectivity index (χ0v) is 9.35. The van der Waals surface area contributed by atoms with Crippen molar-refractivity contribution in [1.29, 1.82) is 0 Å². The van der Waals surface area contributed by atoms with Crippen LogP contribution in [0.25, 0.3) is 0 Å². The van der Waals surface area contributed by atoms with E-state index in [4.69, 9.17) is 10.8 Å². The number of nitrogens with two attached hydrogens (primary N) is 1. The van der Waals surface area contributed by atoms with Gasteiger partial charge in [0.05, 0.1) is 0 Å². The normalized spacial score (nSPS) is 13.1. The Kier molecular flexibility index (Phi) is 4.02. The maximum absolute atomic E-state index is 12.1. The Morgan fingerprint density at radius 1 is 1.41 bits per heavy atom. The molecule has 0 aliphatic heterocycles. The highest BCUT2D eigenvalue weighted by Crippen LogP contribution is 2.15. The van der Waals surface area contributed by atoms with Crippen LogP contribution in [0.1, 0.15) is 5.56 Å². The molecule has 8 heteroatoms. The fourth-order valence-electron chi connectivity index (χ4n) is 1.14. The van der Waals surface area contributed by atoms with E-state index in [1.165, 1.54) is 24.3 Å². The Hall–Kier alpha value is -1.67. The van der Waals surface area contributed by atoms with E-state index in [0.29, 0.717) is 5.56 Å². The Labute approximate surface area is 97.2 Å². The lowest BCUT2D eigenvalue weighted by Gasteiger charge is -2.06. The standard InChI is InChI=1S/C9H10FNO5S/c10-17(14,15)16-7-3-1-6(2-4-7)5-8(11)9(12)13/h1-4,8H,5,11H2,(H,12,13). The highest BCUT2D eigenvalue weighted by Gasteiger charge is 2.13. The first-order valence-electron chi connectivity index (χ1n) is 4.49. The van der Waals surface area contributed by atoms with Crippen molar-refractivity contribution >= 4 is 16.5 Å². The minimum atomic E-state index is -5.05. The third-order valence-electron chi connectivity index (χ3n) is 1.89. The maximum Gasteiger partial charge on any atom is 0.488 e. The summed E-state index contributed by atoms with van der Waals surface area (Å²) in [6.45, 7) is 0. The third kappa shape index (κ3) is 4.79. The van der Waals surface area contributed by atoms with Crippen LogP contribution < -0.4 is 9.92 Å². The first-order valence-corrected chi connectivity index (χ1v) is 5.80. The minimum Gasteiger partial charge on any atom is -0.480 e. The van der Waals surface area contributed by atoms with E-state index >= 15 is 0 Å². The summed E-state index contributed by atoms with van der Waals surface area (Å²) in [6.07, 6.45) is 0.0813. The van der Waals surface area contributed by atoms with Gasteiger partial charge in [-0.3, -0.25) is 4.79 Å². The highest BCUT2D eigenvalue weighted by molar-refractivity contribution is 7.81. The second kappa shape index (κ2) is 5.11. The van der Waals surface area contributed by atoms with Gasteiger partial charge in [0, 0.05) is 0 Å². The fourth-order valence-corrected chi connectivity index (χ4v) is 1.48. The van der Waals surface area contributed by atoms with Gasteiger partial charge in [-0.15, -0.1) is 0 Å². The Balaban J connectivity index is 2.72. The van der Waals surface area contributed by atoms with Crippen LogP contribution in [0.2, 0.25) is 0 Å². The molecule has 0 fully saturated rings.